The Kier molecular flexibility index (Phi) is 6.90. The molecular weight excluding hydrogens is 226 g/mol. The molecule has 0 aromatic carbocycles. The summed E-state index contributed by atoms with van der Waals surface area (Å²) in [5.74, 6) is 0.665. The molecule has 0 saturated carbocycles. The summed E-state index contributed by atoms with van der Waals surface area (Å²) in [6.45, 7) is 16.2. The maximum absolute atomic E-state index is 11.7. The fraction of sp³-hybridized carbons (Fsp3) is 0.933. The lowest BCUT2D eigenvalue weighted by Gasteiger charge is -2.35. The van der Waals surface area contributed by atoms with Crippen LogP contribution in [-0.2, 0) is 9.53 Å². The van der Waals surface area contributed by atoms with Crippen LogP contribution in [0.15, 0.2) is 0 Å². The fourth-order valence-corrected chi connectivity index (χ4v) is 2.35. The van der Waals surface area contributed by atoms with Gasteiger partial charge in [0, 0.05) is 19.6 Å². The zero-order valence-corrected chi connectivity index (χ0v) is 13.2. The first-order valence-electron chi connectivity index (χ1n) is 6.98. The van der Waals surface area contributed by atoms with Gasteiger partial charge in [0.25, 0.3) is 0 Å². The van der Waals surface area contributed by atoms with E-state index in [4.69, 9.17) is 4.74 Å². The van der Waals surface area contributed by atoms with Gasteiger partial charge in [0.15, 0.2) is 0 Å². The molecule has 0 fully saturated rings. The standard InChI is InChI=1S/C15H31NO2/c1-8-16-13(17)9-14(4,5)11-15(6,7)18-10-12(2)3/h12H,8-11H2,1-7H3,(H,16,17). The van der Waals surface area contributed by atoms with E-state index in [1.54, 1.807) is 0 Å². The van der Waals surface area contributed by atoms with Gasteiger partial charge in [-0.1, -0.05) is 27.7 Å². The average Bonchev–Trinajstić information content (AvgIpc) is 2.12. The van der Waals surface area contributed by atoms with E-state index >= 15 is 0 Å². The molecule has 0 saturated heterocycles. The highest BCUT2D eigenvalue weighted by Crippen LogP contribution is 2.33. The first-order chi connectivity index (χ1) is 8.08. The van der Waals surface area contributed by atoms with E-state index in [0.29, 0.717) is 18.9 Å². The predicted octanol–water partition coefficient (Wildman–Crippen LogP) is 3.38. The van der Waals surface area contributed by atoms with Gasteiger partial charge >= 0.3 is 0 Å². The molecule has 0 aliphatic carbocycles. The molecule has 0 radical (unpaired) electrons. The van der Waals surface area contributed by atoms with Crippen LogP contribution in [0.4, 0.5) is 0 Å². The van der Waals surface area contributed by atoms with Crippen molar-refractivity contribution in [2.45, 2.75) is 66.9 Å². The minimum Gasteiger partial charge on any atom is -0.375 e. The Balaban J connectivity index is 4.31. The largest absolute Gasteiger partial charge is 0.375 e. The van der Waals surface area contributed by atoms with Crippen molar-refractivity contribution in [2.24, 2.45) is 11.3 Å². The molecule has 3 nitrogen and oxygen atoms in total. The number of carbonyl (C=O) groups is 1. The quantitative estimate of drug-likeness (QED) is 0.724. The highest BCUT2D eigenvalue weighted by molar-refractivity contribution is 5.76. The van der Waals surface area contributed by atoms with Crippen molar-refractivity contribution < 1.29 is 9.53 Å². The summed E-state index contributed by atoms with van der Waals surface area (Å²) in [5, 5.41) is 2.86. The van der Waals surface area contributed by atoms with Gasteiger partial charge in [0.1, 0.15) is 0 Å². The predicted molar refractivity (Wildman–Crippen MR) is 76.6 cm³/mol. The third kappa shape index (κ3) is 8.51. The molecule has 1 N–H and O–H groups in total. The van der Waals surface area contributed by atoms with Crippen LogP contribution in [0.25, 0.3) is 0 Å². The van der Waals surface area contributed by atoms with E-state index in [-0.39, 0.29) is 16.9 Å². The second-order valence-electron chi connectivity index (χ2n) is 6.94. The highest BCUT2D eigenvalue weighted by atomic mass is 16.5. The Morgan fingerprint density at radius 1 is 1.22 bits per heavy atom. The normalized spacial score (nSPS) is 12.9. The lowest BCUT2D eigenvalue weighted by Crippen LogP contribution is -2.36. The van der Waals surface area contributed by atoms with Gasteiger partial charge in [-0.25, -0.2) is 0 Å². The Bertz CT molecular complexity index is 257. The van der Waals surface area contributed by atoms with E-state index in [2.05, 4.69) is 46.9 Å². The summed E-state index contributed by atoms with van der Waals surface area (Å²) in [4.78, 5) is 11.7. The molecule has 0 aliphatic heterocycles. The number of ether oxygens (including phenoxy) is 1. The van der Waals surface area contributed by atoms with E-state index in [1.807, 2.05) is 6.92 Å². The van der Waals surface area contributed by atoms with Crippen LogP contribution in [0.2, 0.25) is 0 Å². The molecule has 1 amide bonds. The Morgan fingerprint density at radius 3 is 2.22 bits per heavy atom. The molecule has 0 aliphatic rings. The SMILES string of the molecule is CCNC(=O)CC(C)(C)CC(C)(C)OCC(C)C. The van der Waals surface area contributed by atoms with Gasteiger partial charge in [-0.3, -0.25) is 4.79 Å². The summed E-state index contributed by atoms with van der Waals surface area (Å²) in [7, 11) is 0. The molecule has 3 heteroatoms. The summed E-state index contributed by atoms with van der Waals surface area (Å²) >= 11 is 0. The fourth-order valence-electron chi connectivity index (χ4n) is 2.35. The van der Waals surface area contributed by atoms with Crippen LogP contribution in [-0.4, -0.2) is 24.7 Å². The van der Waals surface area contributed by atoms with Crippen molar-refractivity contribution in [3.05, 3.63) is 0 Å². The molecule has 0 unspecified atom stereocenters. The molecule has 0 aromatic heterocycles. The van der Waals surface area contributed by atoms with Crippen LogP contribution < -0.4 is 5.32 Å². The third-order valence-corrected chi connectivity index (χ3v) is 2.72. The van der Waals surface area contributed by atoms with Gasteiger partial charge < -0.3 is 10.1 Å². The van der Waals surface area contributed by atoms with Crippen LogP contribution in [0.3, 0.4) is 0 Å². The monoisotopic (exact) mass is 257 g/mol. The number of amides is 1. The molecule has 0 rings (SSSR count). The number of hydrogen-bond acceptors (Lipinski definition) is 2. The van der Waals surface area contributed by atoms with Crippen LogP contribution in [0.5, 0.6) is 0 Å². The van der Waals surface area contributed by atoms with Gasteiger partial charge in [0.2, 0.25) is 5.91 Å². The summed E-state index contributed by atoms with van der Waals surface area (Å²) in [6, 6.07) is 0. The van der Waals surface area contributed by atoms with Crippen LogP contribution in [0.1, 0.15) is 61.3 Å². The first kappa shape index (κ1) is 17.4. The maximum Gasteiger partial charge on any atom is 0.220 e. The number of rotatable bonds is 8. The Hall–Kier alpha value is -0.570. The minimum atomic E-state index is -0.180. The molecule has 0 aromatic rings. The Morgan fingerprint density at radius 2 is 1.78 bits per heavy atom. The molecular formula is C15H31NO2. The van der Waals surface area contributed by atoms with Crippen molar-refractivity contribution >= 4 is 5.91 Å². The summed E-state index contributed by atoms with van der Waals surface area (Å²) in [5.41, 5.74) is -0.222. The first-order valence-corrected chi connectivity index (χ1v) is 6.98. The molecule has 0 atom stereocenters. The summed E-state index contributed by atoms with van der Waals surface area (Å²) in [6.07, 6.45) is 1.43. The van der Waals surface area contributed by atoms with Gasteiger partial charge in [-0.2, -0.15) is 0 Å². The van der Waals surface area contributed by atoms with Crippen molar-refractivity contribution in [1.82, 2.24) is 5.32 Å². The number of hydrogen-bond donors (Lipinski definition) is 1. The van der Waals surface area contributed by atoms with E-state index in [9.17, 15) is 4.79 Å². The molecule has 108 valence electrons. The lowest BCUT2D eigenvalue weighted by atomic mass is 9.79. The molecule has 0 heterocycles. The van der Waals surface area contributed by atoms with Gasteiger partial charge in [-0.05, 0) is 38.5 Å². The van der Waals surface area contributed by atoms with E-state index in [0.717, 1.165) is 13.0 Å². The second kappa shape index (κ2) is 7.13. The second-order valence-corrected chi connectivity index (χ2v) is 6.94. The smallest absolute Gasteiger partial charge is 0.220 e. The molecule has 0 spiro atoms. The topological polar surface area (TPSA) is 38.3 Å². The minimum absolute atomic E-state index is 0.0419. The number of nitrogens with one attached hydrogen (secondary N) is 1. The van der Waals surface area contributed by atoms with Gasteiger partial charge in [0.05, 0.1) is 5.60 Å². The van der Waals surface area contributed by atoms with E-state index < -0.39 is 0 Å². The van der Waals surface area contributed by atoms with Crippen molar-refractivity contribution in [3.8, 4) is 0 Å². The molecule has 0 bridgehead atoms. The van der Waals surface area contributed by atoms with Crippen molar-refractivity contribution in [1.29, 1.82) is 0 Å². The summed E-state index contributed by atoms with van der Waals surface area (Å²) < 4.78 is 5.94. The number of carbonyl (C=O) groups excluding carboxylic acids is 1. The van der Waals surface area contributed by atoms with Crippen LogP contribution >= 0.6 is 0 Å². The zero-order chi connectivity index (χ0) is 14.4. The van der Waals surface area contributed by atoms with E-state index in [1.165, 1.54) is 0 Å². The lowest BCUT2D eigenvalue weighted by molar-refractivity contribution is -0.124. The third-order valence-electron chi connectivity index (χ3n) is 2.72. The zero-order valence-electron chi connectivity index (χ0n) is 13.2. The van der Waals surface area contributed by atoms with Gasteiger partial charge in [-0.15, -0.1) is 0 Å². The maximum atomic E-state index is 11.7. The van der Waals surface area contributed by atoms with Crippen molar-refractivity contribution in [2.75, 3.05) is 13.2 Å². The highest BCUT2D eigenvalue weighted by Gasteiger charge is 2.31. The average molecular weight is 257 g/mol. The van der Waals surface area contributed by atoms with Crippen molar-refractivity contribution in [3.63, 3.8) is 0 Å². The van der Waals surface area contributed by atoms with Crippen LogP contribution in [0, 0.1) is 11.3 Å². The molecule has 18 heavy (non-hydrogen) atoms. The Labute approximate surface area is 113 Å².